The van der Waals surface area contributed by atoms with Crippen LogP contribution in [-0.4, -0.2) is 17.4 Å². The van der Waals surface area contributed by atoms with Gasteiger partial charge >= 0.3 is 0 Å². The Morgan fingerprint density at radius 3 is 2.96 bits per heavy atom. The van der Waals surface area contributed by atoms with Crippen LogP contribution in [-0.2, 0) is 17.6 Å². The van der Waals surface area contributed by atoms with Gasteiger partial charge in [-0.15, -0.1) is 22.7 Å². The smallest absolute Gasteiger partial charge is 0.223 e. The van der Waals surface area contributed by atoms with Gasteiger partial charge in [0.1, 0.15) is 5.76 Å². The Kier molecular flexibility index (Phi) is 4.06. The van der Waals surface area contributed by atoms with Gasteiger partial charge in [-0.25, -0.2) is 0 Å². The van der Waals surface area contributed by atoms with Crippen molar-refractivity contribution in [2.24, 2.45) is 0 Å². The molecule has 1 aliphatic rings. The molecule has 3 aromatic heterocycles. The van der Waals surface area contributed by atoms with Gasteiger partial charge in [0.05, 0.1) is 12.3 Å². The molecular formula is C18H17NO2S2. The van der Waals surface area contributed by atoms with Crippen LogP contribution in [0, 0.1) is 0 Å². The van der Waals surface area contributed by atoms with Gasteiger partial charge in [-0.3, -0.25) is 4.79 Å². The summed E-state index contributed by atoms with van der Waals surface area (Å²) < 4.78 is 5.35. The lowest BCUT2D eigenvalue weighted by atomic mass is 9.98. The predicted molar refractivity (Wildman–Crippen MR) is 92.9 cm³/mol. The van der Waals surface area contributed by atoms with Gasteiger partial charge in [0.25, 0.3) is 0 Å². The minimum atomic E-state index is 0.0779. The Balaban J connectivity index is 1.58. The number of furan rings is 1. The van der Waals surface area contributed by atoms with Crippen molar-refractivity contribution in [3.05, 3.63) is 68.4 Å². The molecule has 0 bridgehead atoms. The minimum Gasteiger partial charge on any atom is -0.469 e. The third-order valence-electron chi connectivity index (χ3n) is 4.26. The number of carbonyl (C=O) groups excluding carboxylic acids is 1. The van der Waals surface area contributed by atoms with Crippen LogP contribution in [0.2, 0.25) is 0 Å². The molecule has 4 rings (SSSR count). The molecular weight excluding hydrogens is 326 g/mol. The molecule has 0 saturated heterocycles. The first-order valence-electron chi connectivity index (χ1n) is 7.74. The van der Waals surface area contributed by atoms with Crippen LogP contribution < -0.4 is 0 Å². The normalized spacial score (nSPS) is 17.2. The van der Waals surface area contributed by atoms with Gasteiger partial charge in [-0.05, 0) is 47.0 Å². The largest absolute Gasteiger partial charge is 0.469 e. The van der Waals surface area contributed by atoms with Gasteiger partial charge in [0.2, 0.25) is 5.91 Å². The van der Waals surface area contributed by atoms with Crippen molar-refractivity contribution in [2.45, 2.75) is 25.3 Å². The fraction of sp³-hybridized carbons (Fsp3) is 0.278. The summed E-state index contributed by atoms with van der Waals surface area (Å²) in [7, 11) is 0. The highest BCUT2D eigenvalue weighted by Crippen LogP contribution is 2.39. The van der Waals surface area contributed by atoms with Crippen LogP contribution >= 0.6 is 22.7 Å². The molecule has 23 heavy (non-hydrogen) atoms. The second kappa shape index (κ2) is 6.34. The average molecular weight is 343 g/mol. The SMILES string of the molecule is O=C(CCc1ccco1)N1CCc2sccc2C1c1cccs1. The van der Waals surface area contributed by atoms with E-state index in [9.17, 15) is 4.79 Å². The zero-order chi connectivity index (χ0) is 15.6. The van der Waals surface area contributed by atoms with Crippen LogP contribution in [0.3, 0.4) is 0 Å². The summed E-state index contributed by atoms with van der Waals surface area (Å²) in [5.74, 6) is 1.08. The number of thiophene rings is 2. The Labute approximate surface area is 143 Å². The van der Waals surface area contributed by atoms with E-state index < -0.39 is 0 Å². The predicted octanol–water partition coefficient (Wildman–Crippen LogP) is 4.51. The summed E-state index contributed by atoms with van der Waals surface area (Å²) in [4.78, 5) is 17.5. The van der Waals surface area contributed by atoms with E-state index in [1.54, 1.807) is 28.9 Å². The summed E-state index contributed by atoms with van der Waals surface area (Å²) >= 11 is 3.53. The van der Waals surface area contributed by atoms with E-state index in [4.69, 9.17) is 4.42 Å². The maximum atomic E-state index is 12.8. The Morgan fingerprint density at radius 1 is 1.22 bits per heavy atom. The fourth-order valence-corrected chi connectivity index (χ4v) is 4.93. The zero-order valence-electron chi connectivity index (χ0n) is 12.6. The third-order valence-corrected chi connectivity index (χ3v) is 6.19. The monoisotopic (exact) mass is 343 g/mol. The van der Waals surface area contributed by atoms with Crippen molar-refractivity contribution in [3.63, 3.8) is 0 Å². The average Bonchev–Trinajstić information content (AvgIpc) is 3.33. The molecule has 0 aromatic carbocycles. The Morgan fingerprint density at radius 2 is 2.17 bits per heavy atom. The Hall–Kier alpha value is -1.85. The number of fused-ring (bicyclic) bond motifs is 1. The van der Waals surface area contributed by atoms with Crippen molar-refractivity contribution in [1.82, 2.24) is 4.90 Å². The van der Waals surface area contributed by atoms with Crippen molar-refractivity contribution in [2.75, 3.05) is 6.54 Å². The summed E-state index contributed by atoms with van der Waals surface area (Å²) in [6.45, 7) is 0.799. The summed E-state index contributed by atoms with van der Waals surface area (Å²) in [5, 5.41) is 4.23. The van der Waals surface area contributed by atoms with E-state index >= 15 is 0 Å². The van der Waals surface area contributed by atoms with Gasteiger partial charge in [0, 0.05) is 29.1 Å². The van der Waals surface area contributed by atoms with E-state index in [1.807, 2.05) is 17.0 Å². The molecule has 5 heteroatoms. The Bertz CT molecular complexity index is 774. The lowest BCUT2D eigenvalue weighted by molar-refractivity contribution is -0.133. The van der Waals surface area contributed by atoms with Gasteiger partial charge in [0.15, 0.2) is 0 Å². The first-order valence-corrected chi connectivity index (χ1v) is 9.50. The number of aryl methyl sites for hydroxylation is 1. The number of hydrogen-bond donors (Lipinski definition) is 0. The summed E-state index contributed by atoms with van der Waals surface area (Å²) in [6, 6.07) is 10.2. The summed E-state index contributed by atoms with van der Waals surface area (Å²) in [6.07, 6.45) is 3.78. The van der Waals surface area contributed by atoms with Gasteiger partial charge < -0.3 is 9.32 Å². The first-order chi connectivity index (χ1) is 11.3. The van der Waals surface area contributed by atoms with E-state index in [0.717, 1.165) is 18.7 Å². The van der Waals surface area contributed by atoms with Crippen LogP contribution in [0.4, 0.5) is 0 Å². The lowest BCUT2D eigenvalue weighted by Crippen LogP contribution is -2.39. The lowest BCUT2D eigenvalue weighted by Gasteiger charge is -2.35. The molecule has 1 unspecified atom stereocenters. The molecule has 0 N–H and O–H groups in total. The van der Waals surface area contributed by atoms with Crippen molar-refractivity contribution < 1.29 is 9.21 Å². The molecule has 0 radical (unpaired) electrons. The zero-order valence-corrected chi connectivity index (χ0v) is 14.2. The van der Waals surface area contributed by atoms with Crippen LogP contribution in [0.15, 0.2) is 51.8 Å². The second-order valence-electron chi connectivity index (χ2n) is 5.63. The molecule has 3 aromatic rings. The van der Waals surface area contributed by atoms with Crippen molar-refractivity contribution >= 4 is 28.6 Å². The van der Waals surface area contributed by atoms with Crippen LogP contribution in [0.5, 0.6) is 0 Å². The highest BCUT2D eigenvalue weighted by molar-refractivity contribution is 7.10. The highest BCUT2D eigenvalue weighted by Gasteiger charge is 2.33. The van der Waals surface area contributed by atoms with Gasteiger partial charge in [-0.2, -0.15) is 0 Å². The molecule has 1 aliphatic heterocycles. The topological polar surface area (TPSA) is 33.5 Å². The van der Waals surface area contributed by atoms with E-state index in [0.29, 0.717) is 12.8 Å². The van der Waals surface area contributed by atoms with Crippen LogP contribution in [0.1, 0.15) is 33.5 Å². The van der Waals surface area contributed by atoms with Crippen LogP contribution in [0.25, 0.3) is 0 Å². The standard InChI is InChI=1S/C18H17NO2S2/c20-17(6-5-13-3-1-10-21-13)19-9-7-15-14(8-12-23-15)18(19)16-4-2-11-22-16/h1-4,8,10-12,18H,5-7,9H2. The minimum absolute atomic E-state index is 0.0779. The number of rotatable bonds is 4. The summed E-state index contributed by atoms with van der Waals surface area (Å²) in [5.41, 5.74) is 1.30. The highest BCUT2D eigenvalue weighted by atomic mass is 32.1. The van der Waals surface area contributed by atoms with E-state index in [2.05, 4.69) is 29.0 Å². The molecule has 1 amide bonds. The van der Waals surface area contributed by atoms with E-state index in [1.165, 1.54) is 15.3 Å². The molecule has 118 valence electrons. The third kappa shape index (κ3) is 2.86. The molecule has 0 spiro atoms. The maximum Gasteiger partial charge on any atom is 0.223 e. The molecule has 0 fully saturated rings. The number of carbonyl (C=O) groups is 1. The molecule has 1 atom stereocenters. The quantitative estimate of drug-likeness (QED) is 0.698. The molecule has 0 saturated carbocycles. The number of amides is 1. The molecule has 0 aliphatic carbocycles. The molecule has 4 heterocycles. The fourth-order valence-electron chi connectivity index (χ4n) is 3.17. The second-order valence-corrected chi connectivity index (χ2v) is 7.61. The maximum absolute atomic E-state index is 12.8. The van der Waals surface area contributed by atoms with Gasteiger partial charge in [-0.1, -0.05) is 6.07 Å². The first kappa shape index (κ1) is 14.7. The number of hydrogen-bond acceptors (Lipinski definition) is 4. The number of nitrogens with zero attached hydrogens (tertiary/aromatic N) is 1. The molecule has 3 nitrogen and oxygen atoms in total. The van der Waals surface area contributed by atoms with Crippen molar-refractivity contribution in [3.8, 4) is 0 Å². The van der Waals surface area contributed by atoms with Crippen molar-refractivity contribution in [1.29, 1.82) is 0 Å². The van der Waals surface area contributed by atoms with E-state index in [-0.39, 0.29) is 11.9 Å².